The Balaban J connectivity index is 1.36. The van der Waals surface area contributed by atoms with Gasteiger partial charge in [0, 0.05) is 49.6 Å². The predicted octanol–water partition coefficient (Wildman–Crippen LogP) is 3.39. The number of nitrogens with one attached hydrogen (secondary N) is 1. The fraction of sp³-hybridized carbons (Fsp3) is 0.500. The molecule has 0 bridgehead atoms. The van der Waals surface area contributed by atoms with E-state index in [4.69, 9.17) is 21.3 Å². The predicted molar refractivity (Wildman–Crippen MR) is 158 cm³/mol. The van der Waals surface area contributed by atoms with Gasteiger partial charge in [0.15, 0.2) is 0 Å². The molecular weight excluding hydrogens is 575 g/mol. The van der Waals surface area contributed by atoms with Crippen molar-refractivity contribution in [1.29, 1.82) is 0 Å². The fourth-order valence-electron chi connectivity index (χ4n) is 6.55. The van der Waals surface area contributed by atoms with E-state index in [1.165, 1.54) is 18.3 Å². The van der Waals surface area contributed by atoms with Crippen molar-refractivity contribution in [1.82, 2.24) is 30.0 Å². The van der Waals surface area contributed by atoms with Gasteiger partial charge >= 0.3 is 12.2 Å². The Morgan fingerprint density at radius 2 is 2.05 bits per heavy atom. The number of carbonyl (C=O) groups is 1. The zero-order valence-electron chi connectivity index (χ0n) is 24.5. The maximum atomic E-state index is 14.2. The Bertz CT molecular complexity index is 1600. The Hall–Kier alpha value is -4.38. The largest absolute Gasteiger partial charge is 0.463 e. The molecule has 14 heteroatoms. The molecule has 1 aromatic carbocycles. The summed E-state index contributed by atoms with van der Waals surface area (Å²) in [6, 6.07) is 2.31. The van der Waals surface area contributed by atoms with Gasteiger partial charge in [-0.05, 0) is 44.6 Å². The van der Waals surface area contributed by atoms with Crippen molar-refractivity contribution in [2.75, 3.05) is 69.3 Å². The third kappa shape index (κ3) is 5.76. The maximum absolute atomic E-state index is 14.2. The summed E-state index contributed by atoms with van der Waals surface area (Å²) in [7, 11) is 2.06. The average Bonchev–Trinajstić information content (AvgIpc) is 3.66. The number of alkyl halides is 3. The number of anilines is 2. The van der Waals surface area contributed by atoms with Crippen LogP contribution in [-0.4, -0.2) is 101 Å². The summed E-state index contributed by atoms with van der Waals surface area (Å²) < 4.78 is 48.8. The van der Waals surface area contributed by atoms with E-state index in [9.17, 15) is 18.0 Å². The third-order valence-corrected chi connectivity index (χ3v) is 8.72. The number of hydrogen-bond acceptors (Lipinski definition) is 8. The van der Waals surface area contributed by atoms with Crippen molar-refractivity contribution in [2.45, 2.75) is 31.6 Å². The van der Waals surface area contributed by atoms with E-state index in [-0.39, 0.29) is 36.7 Å². The molecule has 0 spiro atoms. The van der Waals surface area contributed by atoms with E-state index in [0.717, 1.165) is 31.1 Å². The van der Waals surface area contributed by atoms with Gasteiger partial charge in [0.05, 0.1) is 41.8 Å². The number of aromatic nitrogens is 4. The molecule has 44 heavy (non-hydrogen) atoms. The number of aromatic amines is 1. The van der Waals surface area contributed by atoms with Gasteiger partial charge in [-0.3, -0.25) is 9.89 Å². The van der Waals surface area contributed by atoms with Crippen molar-refractivity contribution in [2.24, 2.45) is 5.92 Å². The van der Waals surface area contributed by atoms with Crippen LogP contribution in [0.25, 0.3) is 15.7 Å². The molecule has 1 unspecified atom stereocenters. The van der Waals surface area contributed by atoms with Gasteiger partial charge < -0.3 is 29.2 Å². The summed E-state index contributed by atoms with van der Waals surface area (Å²) in [5, 5.41) is 7.17. The smallest absolute Gasteiger partial charge is 0.418 e. The highest BCUT2D eigenvalue weighted by Crippen LogP contribution is 2.42. The fourth-order valence-corrected chi connectivity index (χ4v) is 6.55. The highest BCUT2D eigenvalue weighted by atomic mass is 19.4. The Labute approximate surface area is 253 Å². The number of halogens is 3. The second kappa shape index (κ2) is 12.0. The van der Waals surface area contributed by atoms with Crippen molar-refractivity contribution in [3.05, 3.63) is 59.2 Å². The first-order chi connectivity index (χ1) is 21.2. The molecule has 3 aliphatic rings. The molecule has 0 saturated carbocycles. The molecule has 1 N–H and O–H groups in total. The first-order valence-electron chi connectivity index (χ1n) is 14.7. The molecule has 3 aromatic rings. The number of benzene rings is 1. The summed E-state index contributed by atoms with van der Waals surface area (Å²) in [6.07, 6.45) is -0.468. The van der Waals surface area contributed by atoms with Gasteiger partial charge in [0.25, 0.3) is 0 Å². The van der Waals surface area contributed by atoms with E-state index in [0.29, 0.717) is 67.5 Å². The van der Waals surface area contributed by atoms with Gasteiger partial charge in [-0.15, -0.1) is 0 Å². The second-order valence-corrected chi connectivity index (χ2v) is 11.6. The van der Waals surface area contributed by atoms with E-state index in [2.05, 4.69) is 33.6 Å². The summed E-state index contributed by atoms with van der Waals surface area (Å²) in [4.78, 5) is 33.3. The van der Waals surface area contributed by atoms with Crippen LogP contribution < -0.4 is 14.5 Å². The van der Waals surface area contributed by atoms with Crippen molar-refractivity contribution in [3.63, 3.8) is 0 Å². The van der Waals surface area contributed by atoms with E-state index < -0.39 is 11.7 Å². The first kappa shape index (κ1) is 29.7. The number of H-pyrrole nitrogens is 1. The third-order valence-electron chi connectivity index (χ3n) is 8.72. The number of piperazine rings is 1. The molecule has 11 nitrogen and oxygen atoms in total. The quantitative estimate of drug-likeness (QED) is 0.322. The van der Waals surface area contributed by atoms with E-state index in [1.807, 2.05) is 4.90 Å². The number of fused-ring (bicyclic) bond motifs is 2. The molecule has 5 heterocycles. The standard InChI is InChI=1S/C30H34F3N9O2/c1-4-26(43)42-12-11-41(16-20(42)13-34-2)28-21-8-10-40(27-22-14-35-38-24(22)6-5-23(27)30(31,32)33)17-25(21)36-29(37-28)44-18-19-7-9-39(3)15-19/h4-6,14,19-20H,1,7-13,15-18H2,3H3,(H,35,38)/t19-,20?/m1/s1. The number of likely N-dealkylation sites (tertiary alicyclic amines) is 1. The molecule has 3 aliphatic heterocycles. The van der Waals surface area contributed by atoms with Crippen LogP contribution in [-0.2, 0) is 23.9 Å². The van der Waals surface area contributed by atoms with E-state index in [1.54, 1.807) is 9.80 Å². The lowest BCUT2D eigenvalue weighted by Gasteiger charge is -2.41. The number of ether oxygens (including phenoxy) is 1. The molecule has 2 atom stereocenters. The number of amides is 1. The Kier molecular flexibility index (Phi) is 8.06. The van der Waals surface area contributed by atoms with Crippen LogP contribution in [0.1, 0.15) is 23.2 Å². The van der Waals surface area contributed by atoms with Crippen LogP contribution in [0.15, 0.2) is 31.0 Å². The van der Waals surface area contributed by atoms with Crippen molar-refractivity contribution < 1.29 is 22.7 Å². The highest BCUT2D eigenvalue weighted by Gasteiger charge is 2.39. The Morgan fingerprint density at radius 1 is 1.20 bits per heavy atom. The van der Waals surface area contributed by atoms with Crippen LogP contribution >= 0.6 is 0 Å². The lowest BCUT2D eigenvalue weighted by molar-refractivity contribution is -0.137. The minimum absolute atomic E-state index is 0.0692. The lowest BCUT2D eigenvalue weighted by Crippen LogP contribution is -2.56. The SMILES string of the molecule is [C-]#[N+]CC1CN(c2nc(OC[C@@H]3CCN(C)C3)nc3c2CCN(c2c(C(F)(F)F)ccc4[nH]ncc24)C3)CCN1C(=O)C=C. The summed E-state index contributed by atoms with van der Waals surface area (Å²) in [6.45, 7) is 15.2. The second-order valence-electron chi connectivity index (χ2n) is 11.6. The number of rotatable bonds is 7. The van der Waals surface area contributed by atoms with Gasteiger partial charge in [0.1, 0.15) is 11.9 Å². The highest BCUT2D eigenvalue weighted by molar-refractivity contribution is 5.94. The molecule has 232 valence electrons. The first-order valence-corrected chi connectivity index (χ1v) is 14.7. The Morgan fingerprint density at radius 3 is 2.77 bits per heavy atom. The molecular formula is C30H34F3N9O2. The lowest BCUT2D eigenvalue weighted by atomic mass is 10.0. The molecule has 0 radical (unpaired) electrons. The molecule has 2 saturated heterocycles. The van der Waals surface area contributed by atoms with E-state index >= 15 is 0 Å². The molecule has 2 fully saturated rings. The van der Waals surface area contributed by atoms with Gasteiger partial charge in [0.2, 0.25) is 12.5 Å². The number of carbonyl (C=O) groups excluding carboxylic acids is 1. The summed E-state index contributed by atoms with van der Waals surface area (Å²) in [5.41, 5.74) is 1.30. The topological polar surface area (TPSA) is 98.1 Å². The minimum atomic E-state index is -4.55. The van der Waals surface area contributed by atoms with Crippen molar-refractivity contribution >= 4 is 28.3 Å². The normalized spacial score (nSPS) is 20.9. The summed E-state index contributed by atoms with van der Waals surface area (Å²) in [5.74, 6) is 0.744. The number of nitrogens with zero attached hydrogens (tertiary/aromatic N) is 8. The summed E-state index contributed by atoms with van der Waals surface area (Å²) >= 11 is 0. The zero-order chi connectivity index (χ0) is 31.0. The molecule has 1 amide bonds. The minimum Gasteiger partial charge on any atom is -0.463 e. The molecule has 6 rings (SSSR count). The van der Waals surface area contributed by atoms with Crippen LogP contribution in [0.3, 0.4) is 0 Å². The van der Waals surface area contributed by atoms with Crippen LogP contribution in [0.5, 0.6) is 6.01 Å². The van der Waals surface area contributed by atoms with Crippen LogP contribution in [0, 0.1) is 12.5 Å². The van der Waals surface area contributed by atoms with Gasteiger partial charge in [-0.2, -0.15) is 28.2 Å². The van der Waals surface area contributed by atoms with Crippen LogP contribution in [0.2, 0.25) is 0 Å². The number of hydrogen-bond donors (Lipinski definition) is 1. The zero-order valence-corrected chi connectivity index (χ0v) is 24.5. The van der Waals surface area contributed by atoms with Gasteiger partial charge in [-0.25, -0.2) is 6.57 Å². The average molecular weight is 610 g/mol. The van der Waals surface area contributed by atoms with Crippen LogP contribution in [0.4, 0.5) is 24.7 Å². The molecule has 2 aromatic heterocycles. The molecule has 0 aliphatic carbocycles. The maximum Gasteiger partial charge on any atom is 0.418 e. The van der Waals surface area contributed by atoms with Crippen molar-refractivity contribution in [3.8, 4) is 6.01 Å². The van der Waals surface area contributed by atoms with Gasteiger partial charge in [-0.1, -0.05) is 6.58 Å². The monoisotopic (exact) mass is 609 g/mol.